The van der Waals surface area contributed by atoms with Crippen LogP contribution in [0.15, 0.2) is 65.5 Å². The highest BCUT2D eigenvalue weighted by molar-refractivity contribution is 7.19. The number of benzene rings is 2. The first-order chi connectivity index (χ1) is 14.5. The van der Waals surface area contributed by atoms with Crippen LogP contribution in [-0.2, 0) is 11.3 Å². The number of carbonyl (C=O) groups excluding carboxylic acids is 1. The number of carbonyl (C=O) groups is 1. The Morgan fingerprint density at radius 3 is 2.57 bits per heavy atom. The average Bonchev–Trinajstić information content (AvgIpc) is 3.19. The number of aryl methyl sites for hydroxylation is 1. The van der Waals surface area contributed by atoms with E-state index in [2.05, 4.69) is 15.4 Å². The van der Waals surface area contributed by atoms with Crippen LogP contribution in [0.25, 0.3) is 15.5 Å². The zero-order chi connectivity index (χ0) is 21.1. The molecule has 0 fully saturated rings. The lowest BCUT2D eigenvalue weighted by Crippen LogP contribution is -2.29. The Kier molecular flexibility index (Phi) is 5.72. The predicted molar refractivity (Wildman–Crippen MR) is 119 cm³/mol. The van der Waals surface area contributed by atoms with E-state index in [4.69, 9.17) is 0 Å². The maximum atomic E-state index is 12.7. The predicted octanol–water partition coefficient (Wildman–Crippen LogP) is 3.94. The summed E-state index contributed by atoms with van der Waals surface area (Å²) in [5.74, 6) is -0.303. The maximum absolute atomic E-state index is 12.7. The molecule has 2 aromatic carbocycles. The molecule has 4 aromatic rings. The normalized spacial score (nSPS) is 12.1. The van der Waals surface area contributed by atoms with E-state index in [0.29, 0.717) is 17.1 Å². The number of hydrogen-bond donors (Lipinski definition) is 1. The number of fused-ring (bicyclic) bond motifs is 1. The maximum Gasteiger partial charge on any atom is 0.275 e. The summed E-state index contributed by atoms with van der Waals surface area (Å²) < 4.78 is 1.31. The van der Waals surface area contributed by atoms with Crippen LogP contribution in [0, 0.1) is 6.92 Å². The lowest BCUT2D eigenvalue weighted by Gasteiger charge is -2.15. The standard InChI is InChI=1S/C23H22N4O2S/c1-3-19(16-7-5-4-6-8-16)21(29)24-14-18-13-20(28)27-23(25-18)30-22(26-27)17-11-9-15(2)10-12-17/h4-13,19H,3,14H2,1-2H3,(H,24,29)/t19-/m1/s1. The number of hydrogen-bond acceptors (Lipinski definition) is 5. The number of aromatic nitrogens is 3. The van der Waals surface area contributed by atoms with Crippen molar-refractivity contribution in [2.24, 2.45) is 0 Å². The van der Waals surface area contributed by atoms with E-state index >= 15 is 0 Å². The van der Waals surface area contributed by atoms with Crippen LogP contribution in [0.5, 0.6) is 0 Å². The molecule has 1 atom stereocenters. The fourth-order valence-electron chi connectivity index (χ4n) is 3.32. The van der Waals surface area contributed by atoms with Crippen molar-refractivity contribution in [3.05, 3.63) is 87.8 Å². The summed E-state index contributed by atoms with van der Waals surface area (Å²) in [4.78, 5) is 30.2. The Bertz CT molecular complexity index is 1230. The van der Waals surface area contributed by atoms with Crippen molar-refractivity contribution in [1.29, 1.82) is 0 Å². The van der Waals surface area contributed by atoms with Crippen LogP contribution >= 0.6 is 11.3 Å². The molecule has 2 heterocycles. The molecule has 152 valence electrons. The Hall–Kier alpha value is -3.32. The van der Waals surface area contributed by atoms with Crippen molar-refractivity contribution in [3.63, 3.8) is 0 Å². The molecule has 4 rings (SSSR count). The van der Waals surface area contributed by atoms with E-state index in [1.165, 1.54) is 21.9 Å². The van der Waals surface area contributed by atoms with Crippen LogP contribution in [0.2, 0.25) is 0 Å². The third-order valence-corrected chi connectivity index (χ3v) is 5.92. The third-order valence-electron chi connectivity index (χ3n) is 4.97. The molecule has 0 unspecified atom stereocenters. The fraction of sp³-hybridized carbons (Fsp3) is 0.217. The van der Waals surface area contributed by atoms with Crippen molar-refractivity contribution in [1.82, 2.24) is 19.9 Å². The first-order valence-electron chi connectivity index (χ1n) is 9.84. The number of amides is 1. The van der Waals surface area contributed by atoms with Crippen molar-refractivity contribution in [3.8, 4) is 10.6 Å². The topological polar surface area (TPSA) is 76.4 Å². The Morgan fingerprint density at radius 2 is 1.87 bits per heavy atom. The van der Waals surface area contributed by atoms with E-state index < -0.39 is 0 Å². The average molecular weight is 419 g/mol. The van der Waals surface area contributed by atoms with Gasteiger partial charge in [0.15, 0.2) is 0 Å². The molecule has 0 aliphatic carbocycles. The highest BCUT2D eigenvalue weighted by Crippen LogP contribution is 2.24. The molecule has 0 saturated heterocycles. The number of nitrogens with one attached hydrogen (secondary N) is 1. The lowest BCUT2D eigenvalue weighted by atomic mass is 9.96. The van der Waals surface area contributed by atoms with Gasteiger partial charge < -0.3 is 5.32 Å². The van der Waals surface area contributed by atoms with Gasteiger partial charge in [0.25, 0.3) is 5.56 Å². The molecule has 0 spiro atoms. The largest absolute Gasteiger partial charge is 0.350 e. The van der Waals surface area contributed by atoms with Crippen molar-refractivity contribution in [2.45, 2.75) is 32.7 Å². The molecule has 30 heavy (non-hydrogen) atoms. The highest BCUT2D eigenvalue weighted by atomic mass is 32.1. The zero-order valence-corrected chi connectivity index (χ0v) is 17.6. The van der Waals surface area contributed by atoms with Gasteiger partial charge in [0.2, 0.25) is 10.9 Å². The summed E-state index contributed by atoms with van der Waals surface area (Å²) in [6, 6.07) is 19.1. The fourth-order valence-corrected chi connectivity index (χ4v) is 4.25. The first-order valence-corrected chi connectivity index (χ1v) is 10.7. The summed E-state index contributed by atoms with van der Waals surface area (Å²) in [6.45, 7) is 4.21. The molecule has 0 radical (unpaired) electrons. The minimum atomic E-state index is -0.256. The van der Waals surface area contributed by atoms with Gasteiger partial charge in [0, 0.05) is 11.6 Å². The van der Waals surface area contributed by atoms with E-state index in [-0.39, 0.29) is 23.9 Å². The van der Waals surface area contributed by atoms with Crippen LogP contribution in [0.1, 0.15) is 36.1 Å². The van der Waals surface area contributed by atoms with E-state index in [9.17, 15) is 9.59 Å². The molecule has 0 aliphatic heterocycles. The summed E-state index contributed by atoms with van der Waals surface area (Å²) >= 11 is 1.35. The van der Waals surface area contributed by atoms with Crippen molar-refractivity contribution >= 4 is 22.2 Å². The minimum Gasteiger partial charge on any atom is -0.350 e. The van der Waals surface area contributed by atoms with Gasteiger partial charge in [-0.05, 0) is 18.9 Å². The van der Waals surface area contributed by atoms with Crippen LogP contribution < -0.4 is 10.9 Å². The molecule has 7 heteroatoms. The molecule has 1 N–H and O–H groups in total. The van der Waals surface area contributed by atoms with Gasteiger partial charge in [0.05, 0.1) is 18.2 Å². The lowest BCUT2D eigenvalue weighted by molar-refractivity contribution is -0.122. The van der Waals surface area contributed by atoms with Crippen molar-refractivity contribution in [2.75, 3.05) is 0 Å². The Balaban J connectivity index is 1.54. The molecule has 6 nitrogen and oxygen atoms in total. The second-order valence-electron chi connectivity index (χ2n) is 7.14. The van der Waals surface area contributed by atoms with Crippen LogP contribution in [0.3, 0.4) is 0 Å². The Labute approximate surface area is 178 Å². The van der Waals surface area contributed by atoms with Gasteiger partial charge in [0.1, 0.15) is 5.01 Å². The third kappa shape index (κ3) is 4.16. The second-order valence-corrected chi connectivity index (χ2v) is 8.10. The smallest absolute Gasteiger partial charge is 0.275 e. The first kappa shape index (κ1) is 20.0. The molecule has 0 aliphatic rings. The molecule has 2 aromatic heterocycles. The molecular formula is C23H22N4O2S. The van der Waals surface area contributed by atoms with Gasteiger partial charge in [-0.2, -0.15) is 9.61 Å². The number of nitrogens with zero attached hydrogens (tertiary/aromatic N) is 3. The van der Waals surface area contributed by atoms with Crippen LogP contribution in [0.4, 0.5) is 0 Å². The van der Waals surface area contributed by atoms with Gasteiger partial charge in [-0.3, -0.25) is 9.59 Å². The zero-order valence-electron chi connectivity index (χ0n) is 16.8. The monoisotopic (exact) mass is 418 g/mol. The van der Waals surface area contributed by atoms with Gasteiger partial charge in [-0.1, -0.05) is 78.4 Å². The molecule has 0 saturated carbocycles. The van der Waals surface area contributed by atoms with Gasteiger partial charge in [-0.25, -0.2) is 4.98 Å². The molecular weight excluding hydrogens is 396 g/mol. The summed E-state index contributed by atoms with van der Waals surface area (Å²) in [7, 11) is 0. The SMILES string of the molecule is CC[C@@H](C(=O)NCc1cc(=O)n2nc(-c3ccc(C)cc3)sc2n1)c1ccccc1. The van der Waals surface area contributed by atoms with E-state index in [0.717, 1.165) is 21.7 Å². The van der Waals surface area contributed by atoms with E-state index in [1.54, 1.807) is 0 Å². The molecule has 1 amide bonds. The van der Waals surface area contributed by atoms with E-state index in [1.807, 2.05) is 68.4 Å². The number of rotatable bonds is 6. The second kappa shape index (κ2) is 8.59. The minimum absolute atomic E-state index is 0.0738. The summed E-state index contributed by atoms with van der Waals surface area (Å²) in [5, 5.41) is 8.05. The van der Waals surface area contributed by atoms with Crippen molar-refractivity contribution < 1.29 is 4.79 Å². The summed E-state index contributed by atoms with van der Waals surface area (Å²) in [6.07, 6.45) is 0.694. The summed E-state index contributed by atoms with van der Waals surface area (Å²) in [5.41, 5.74) is 3.35. The van der Waals surface area contributed by atoms with Crippen LogP contribution in [-0.4, -0.2) is 20.5 Å². The highest BCUT2D eigenvalue weighted by Gasteiger charge is 2.18. The molecule has 0 bridgehead atoms. The quantitative estimate of drug-likeness (QED) is 0.515. The van der Waals surface area contributed by atoms with Gasteiger partial charge in [-0.15, -0.1) is 0 Å². The Morgan fingerprint density at radius 1 is 1.13 bits per heavy atom. The van der Waals surface area contributed by atoms with Gasteiger partial charge >= 0.3 is 0 Å².